The molecule has 116 valence electrons. The van der Waals surface area contributed by atoms with Crippen molar-refractivity contribution in [2.75, 3.05) is 13.2 Å². The van der Waals surface area contributed by atoms with Gasteiger partial charge in [0, 0.05) is 5.56 Å². The highest BCUT2D eigenvalue weighted by atomic mass is 19.1. The molecule has 1 rings (SSSR count). The van der Waals surface area contributed by atoms with E-state index < -0.39 is 17.8 Å². The molecule has 0 aliphatic rings. The van der Waals surface area contributed by atoms with E-state index in [0.717, 1.165) is 0 Å². The Labute approximate surface area is 124 Å². The van der Waals surface area contributed by atoms with Crippen LogP contribution in [0.3, 0.4) is 0 Å². The lowest BCUT2D eigenvalue weighted by molar-refractivity contribution is -0.143. The monoisotopic (exact) mass is 295 g/mol. The van der Waals surface area contributed by atoms with Gasteiger partial charge in [-0.05, 0) is 43.7 Å². The Morgan fingerprint density at radius 1 is 1.24 bits per heavy atom. The average Bonchev–Trinajstić information content (AvgIpc) is 2.43. The molecule has 5 heteroatoms. The Balaban J connectivity index is 2.80. The fourth-order valence-electron chi connectivity index (χ4n) is 1.84. The van der Waals surface area contributed by atoms with Crippen LogP contribution in [0.15, 0.2) is 24.3 Å². The normalized spacial score (nSPS) is 12.2. The van der Waals surface area contributed by atoms with Crippen LogP contribution in [-0.2, 0) is 9.53 Å². The third-order valence-corrected chi connectivity index (χ3v) is 2.89. The molecule has 1 N–H and O–H groups in total. The minimum Gasteiger partial charge on any atom is -0.466 e. The summed E-state index contributed by atoms with van der Waals surface area (Å²) in [4.78, 5) is 24.0. The second-order valence-electron chi connectivity index (χ2n) is 5.23. The maximum absolute atomic E-state index is 12.9. The molecule has 0 aromatic heterocycles. The Hall–Kier alpha value is -1.75. The molecule has 1 aromatic carbocycles. The van der Waals surface area contributed by atoms with Crippen LogP contribution in [0, 0.1) is 11.7 Å². The van der Waals surface area contributed by atoms with Crippen molar-refractivity contribution in [2.24, 2.45) is 5.92 Å². The lowest BCUT2D eigenvalue weighted by atomic mass is 10.0. The van der Waals surface area contributed by atoms with Crippen molar-refractivity contribution in [1.82, 2.24) is 5.32 Å². The number of benzene rings is 1. The van der Waals surface area contributed by atoms with E-state index in [4.69, 9.17) is 4.74 Å². The fourth-order valence-corrected chi connectivity index (χ4v) is 1.84. The molecule has 0 saturated carbocycles. The van der Waals surface area contributed by atoms with Gasteiger partial charge in [-0.15, -0.1) is 0 Å². The summed E-state index contributed by atoms with van der Waals surface area (Å²) in [7, 11) is 0. The molecular weight excluding hydrogens is 273 g/mol. The molecule has 1 atom stereocenters. The molecule has 0 aliphatic heterocycles. The summed E-state index contributed by atoms with van der Waals surface area (Å²) in [6.07, 6.45) is -0.0310. The van der Waals surface area contributed by atoms with Crippen LogP contribution in [0.1, 0.15) is 37.6 Å². The van der Waals surface area contributed by atoms with Gasteiger partial charge < -0.3 is 10.1 Å². The van der Waals surface area contributed by atoms with Crippen LogP contribution < -0.4 is 5.32 Å². The standard InChI is InChI=1S/C16H22FNO3/c1-4-21-15(19)9-14(18-10-11(2)3)16(20)12-5-7-13(17)8-6-12/h5-8,11,14,18H,4,9-10H2,1-3H3. The lowest BCUT2D eigenvalue weighted by Crippen LogP contribution is -2.40. The molecule has 0 saturated heterocycles. The first-order valence-corrected chi connectivity index (χ1v) is 7.12. The first kappa shape index (κ1) is 17.3. The van der Waals surface area contributed by atoms with Crippen molar-refractivity contribution >= 4 is 11.8 Å². The Morgan fingerprint density at radius 3 is 2.38 bits per heavy atom. The zero-order chi connectivity index (χ0) is 15.8. The molecule has 0 aliphatic carbocycles. The van der Waals surface area contributed by atoms with Gasteiger partial charge in [0.05, 0.1) is 19.1 Å². The minimum absolute atomic E-state index is 0.0310. The second kappa shape index (κ2) is 8.52. The number of nitrogens with one attached hydrogen (secondary N) is 1. The predicted octanol–water partition coefficient (Wildman–Crippen LogP) is 2.58. The number of ether oxygens (including phenoxy) is 1. The SMILES string of the molecule is CCOC(=O)CC(NCC(C)C)C(=O)c1ccc(F)cc1. The first-order valence-electron chi connectivity index (χ1n) is 7.12. The van der Waals surface area contributed by atoms with Gasteiger partial charge in [-0.3, -0.25) is 9.59 Å². The molecule has 1 aromatic rings. The molecule has 21 heavy (non-hydrogen) atoms. The number of carbonyl (C=O) groups excluding carboxylic acids is 2. The Morgan fingerprint density at radius 2 is 1.86 bits per heavy atom. The lowest BCUT2D eigenvalue weighted by Gasteiger charge is -2.18. The van der Waals surface area contributed by atoms with Gasteiger partial charge in [0.1, 0.15) is 5.82 Å². The van der Waals surface area contributed by atoms with Crippen molar-refractivity contribution in [1.29, 1.82) is 0 Å². The number of hydrogen-bond donors (Lipinski definition) is 1. The summed E-state index contributed by atoms with van der Waals surface area (Å²) in [5, 5.41) is 3.08. The number of hydrogen-bond acceptors (Lipinski definition) is 4. The van der Waals surface area contributed by atoms with Crippen LogP contribution in [0.25, 0.3) is 0 Å². The molecule has 4 nitrogen and oxygen atoms in total. The topological polar surface area (TPSA) is 55.4 Å². The smallest absolute Gasteiger partial charge is 0.307 e. The van der Waals surface area contributed by atoms with Crippen LogP contribution in [0.5, 0.6) is 0 Å². The third kappa shape index (κ3) is 6.04. The summed E-state index contributed by atoms with van der Waals surface area (Å²) in [5.74, 6) is -0.711. The molecular formula is C16H22FNO3. The summed E-state index contributed by atoms with van der Waals surface area (Å²) >= 11 is 0. The van der Waals surface area contributed by atoms with Gasteiger partial charge in [-0.1, -0.05) is 13.8 Å². The quantitative estimate of drug-likeness (QED) is 0.591. The molecule has 1 unspecified atom stereocenters. The predicted molar refractivity (Wildman–Crippen MR) is 78.6 cm³/mol. The van der Waals surface area contributed by atoms with E-state index in [2.05, 4.69) is 5.32 Å². The summed E-state index contributed by atoms with van der Waals surface area (Å²) < 4.78 is 17.8. The second-order valence-corrected chi connectivity index (χ2v) is 5.23. The highest BCUT2D eigenvalue weighted by Crippen LogP contribution is 2.09. The van der Waals surface area contributed by atoms with E-state index in [1.807, 2.05) is 13.8 Å². The molecule has 0 heterocycles. The van der Waals surface area contributed by atoms with Gasteiger partial charge in [0.25, 0.3) is 0 Å². The number of halogens is 1. The molecule has 0 spiro atoms. The van der Waals surface area contributed by atoms with Gasteiger partial charge in [-0.25, -0.2) is 4.39 Å². The largest absolute Gasteiger partial charge is 0.466 e. The number of rotatable bonds is 8. The maximum Gasteiger partial charge on any atom is 0.307 e. The number of esters is 1. The van der Waals surface area contributed by atoms with E-state index >= 15 is 0 Å². The third-order valence-electron chi connectivity index (χ3n) is 2.89. The van der Waals surface area contributed by atoms with Gasteiger partial charge in [0.2, 0.25) is 0 Å². The van der Waals surface area contributed by atoms with Crippen molar-refractivity contribution in [2.45, 2.75) is 33.2 Å². The van der Waals surface area contributed by atoms with E-state index in [0.29, 0.717) is 18.0 Å². The first-order chi connectivity index (χ1) is 9.93. The van der Waals surface area contributed by atoms with E-state index in [9.17, 15) is 14.0 Å². The number of Topliss-reactive ketones (excluding diaryl/α,β-unsaturated/α-hetero) is 1. The van der Waals surface area contributed by atoms with Crippen molar-refractivity contribution in [3.63, 3.8) is 0 Å². The maximum atomic E-state index is 12.9. The van der Waals surface area contributed by atoms with Gasteiger partial charge in [-0.2, -0.15) is 0 Å². The van der Waals surface area contributed by atoms with Crippen molar-refractivity contribution < 1.29 is 18.7 Å². The minimum atomic E-state index is -0.656. The molecule has 0 bridgehead atoms. The average molecular weight is 295 g/mol. The van der Waals surface area contributed by atoms with Crippen molar-refractivity contribution in [3.8, 4) is 0 Å². The van der Waals surface area contributed by atoms with Gasteiger partial charge in [0.15, 0.2) is 5.78 Å². The molecule has 0 fully saturated rings. The van der Waals surface area contributed by atoms with E-state index in [1.165, 1.54) is 24.3 Å². The fraction of sp³-hybridized carbons (Fsp3) is 0.500. The van der Waals surface area contributed by atoms with Crippen LogP contribution in [0.4, 0.5) is 4.39 Å². The number of ketones is 1. The van der Waals surface area contributed by atoms with E-state index in [1.54, 1.807) is 6.92 Å². The Bertz CT molecular complexity index is 471. The Kier molecular flexibility index (Phi) is 7.02. The van der Waals surface area contributed by atoms with E-state index in [-0.39, 0.29) is 18.8 Å². The summed E-state index contributed by atoms with van der Waals surface area (Å²) in [6, 6.07) is 4.66. The molecule has 0 amide bonds. The summed E-state index contributed by atoms with van der Waals surface area (Å²) in [5.41, 5.74) is 0.377. The van der Waals surface area contributed by atoms with Crippen LogP contribution in [-0.4, -0.2) is 30.9 Å². The zero-order valence-corrected chi connectivity index (χ0v) is 12.7. The van der Waals surface area contributed by atoms with Crippen LogP contribution >= 0.6 is 0 Å². The number of carbonyl (C=O) groups is 2. The molecule has 0 radical (unpaired) electrons. The summed E-state index contributed by atoms with van der Waals surface area (Å²) in [6.45, 7) is 6.63. The van der Waals surface area contributed by atoms with Crippen molar-refractivity contribution in [3.05, 3.63) is 35.6 Å². The van der Waals surface area contributed by atoms with Crippen LogP contribution in [0.2, 0.25) is 0 Å². The van der Waals surface area contributed by atoms with Gasteiger partial charge >= 0.3 is 5.97 Å². The highest BCUT2D eigenvalue weighted by Gasteiger charge is 2.23. The zero-order valence-electron chi connectivity index (χ0n) is 12.7. The highest BCUT2D eigenvalue weighted by molar-refractivity contribution is 6.01.